The first-order chi connectivity index (χ1) is 9.22. The van der Waals surface area contributed by atoms with Crippen molar-refractivity contribution >= 4 is 17.1 Å². The smallest absolute Gasteiger partial charge is 0.174 e. The van der Waals surface area contributed by atoms with E-state index in [1.807, 2.05) is 13.0 Å². The molecule has 0 spiro atoms. The zero-order chi connectivity index (χ0) is 13.2. The third-order valence-electron chi connectivity index (χ3n) is 3.29. The zero-order valence-electron chi connectivity index (χ0n) is 10.8. The molecule has 0 saturated heterocycles. The summed E-state index contributed by atoms with van der Waals surface area (Å²) in [4.78, 5) is 16.9. The Bertz CT molecular complexity index is 618. The normalized spacial score (nSPS) is 13.1. The van der Waals surface area contributed by atoms with Crippen LogP contribution in [-0.4, -0.2) is 17.4 Å². The largest absolute Gasteiger partial charge is 0.493 e. The second kappa shape index (κ2) is 5.13. The number of thiazole rings is 1. The van der Waals surface area contributed by atoms with Gasteiger partial charge in [-0.3, -0.25) is 4.79 Å². The van der Waals surface area contributed by atoms with Crippen LogP contribution in [0.1, 0.15) is 32.2 Å². The van der Waals surface area contributed by atoms with Crippen molar-refractivity contribution in [3.8, 4) is 5.75 Å². The lowest BCUT2D eigenvalue weighted by Gasteiger charge is -2.03. The lowest BCUT2D eigenvalue weighted by Crippen LogP contribution is -1.99. The van der Waals surface area contributed by atoms with E-state index in [2.05, 4.69) is 17.1 Å². The molecule has 3 rings (SSSR count). The van der Waals surface area contributed by atoms with E-state index in [9.17, 15) is 4.79 Å². The Morgan fingerprint density at radius 2 is 2.37 bits per heavy atom. The standard InChI is InChI=1S/C15H15NO2S/c1-10-16-9-15(19-10)13(17)4-2-11-3-5-14-12(8-11)6-7-18-14/h3,5,8-9H,2,4,6-7H2,1H3. The van der Waals surface area contributed by atoms with Gasteiger partial charge in [-0.25, -0.2) is 4.98 Å². The van der Waals surface area contributed by atoms with E-state index in [1.54, 1.807) is 6.20 Å². The van der Waals surface area contributed by atoms with Gasteiger partial charge in [0.25, 0.3) is 0 Å². The summed E-state index contributed by atoms with van der Waals surface area (Å²) in [6.07, 6.45) is 3.98. The van der Waals surface area contributed by atoms with Gasteiger partial charge in [0.05, 0.1) is 16.5 Å². The molecule has 0 radical (unpaired) electrons. The van der Waals surface area contributed by atoms with Crippen LogP contribution in [0.4, 0.5) is 0 Å². The van der Waals surface area contributed by atoms with E-state index in [4.69, 9.17) is 4.74 Å². The number of aromatic nitrogens is 1. The van der Waals surface area contributed by atoms with E-state index in [0.29, 0.717) is 6.42 Å². The molecule has 2 heterocycles. The van der Waals surface area contributed by atoms with Crippen LogP contribution in [0.5, 0.6) is 5.75 Å². The molecule has 1 aliphatic heterocycles. The summed E-state index contributed by atoms with van der Waals surface area (Å²) in [5.74, 6) is 1.18. The van der Waals surface area contributed by atoms with Crippen molar-refractivity contribution < 1.29 is 9.53 Å². The Balaban J connectivity index is 1.64. The number of nitrogens with zero attached hydrogens (tertiary/aromatic N) is 1. The summed E-state index contributed by atoms with van der Waals surface area (Å²) < 4.78 is 5.48. The first kappa shape index (κ1) is 12.4. The molecular weight excluding hydrogens is 258 g/mol. The highest BCUT2D eigenvalue weighted by Gasteiger charge is 2.13. The lowest BCUT2D eigenvalue weighted by molar-refractivity contribution is 0.0986. The second-order valence-electron chi connectivity index (χ2n) is 4.71. The Morgan fingerprint density at radius 3 is 3.16 bits per heavy atom. The average Bonchev–Trinajstić information content (AvgIpc) is 3.03. The van der Waals surface area contributed by atoms with E-state index in [-0.39, 0.29) is 5.78 Å². The topological polar surface area (TPSA) is 39.2 Å². The van der Waals surface area contributed by atoms with Gasteiger partial charge in [-0.15, -0.1) is 11.3 Å². The van der Waals surface area contributed by atoms with Crippen LogP contribution in [0, 0.1) is 6.92 Å². The van der Waals surface area contributed by atoms with Crippen LogP contribution >= 0.6 is 11.3 Å². The maximum atomic E-state index is 12.0. The molecule has 19 heavy (non-hydrogen) atoms. The second-order valence-corrected chi connectivity index (χ2v) is 5.94. The minimum absolute atomic E-state index is 0.183. The third-order valence-corrected chi connectivity index (χ3v) is 4.24. The van der Waals surface area contributed by atoms with Crippen molar-refractivity contribution in [3.05, 3.63) is 45.4 Å². The van der Waals surface area contributed by atoms with E-state index < -0.39 is 0 Å². The van der Waals surface area contributed by atoms with Gasteiger partial charge in [0, 0.05) is 19.0 Å². The average molecular weight is 273 g/mol. The van der Waals surface area contributed by atoms with Crippen LogP contribution < -0.4 is 4.74 Å². The molecule has 3 nitrogen and oxygen atoms in total. The van der Waals surface area contributed by atoms with Crippen LogP contribution in [0.25, 0.3) is 0 Å². The van der Waals surface area contributed by atoms with Gasteiger partial charge in [0.1, 0.15) is 5.75 Å². The fraction of sp³-hybridized carbons (Fsp3) is 0.333. The highest BCUT2D eigenvalue weighted by atomic mass is 32.1. The van der Waals surface area contributed by atoms with Crippen molar-refractivity contribution in [2.45, 2.75) is 26.2 Å². The highest BCUT2D eigenvalue weighted by Crippen LogP contribution is 2.26. The van der Waals surface area contributed by atoms with Crippen molar-refractivity contribution in [2.75, 3.05) is 6.61 Å². The number of hydrogen-bond donors (Lipinski definition) is 0. The molecule has 98 valence electrons. The molecule has 0 fully saturated rings. The monoisotopic (exact) mass is 273 g/mol. The van der Waals surface area contributed by atoms with E-state index >= 15 is 0 Å². The molecular formula is C15H15NO2S. The number of rotatable bonds is 4. The lowest BCUT2D eigenvalue weighted by atomic mass is 10.0. The maximum absolute atomic E-state index is 12.0. The molecule has 1 aromatic heterocycles. The van der Waals surface area contributed by atoms with Gasteiger partial charge >= 0.3 is 0 Å². The molecule has 0 aliphatic carbocycles. The number of ketones is 1. The van der Waals surface area contributed by atoms with Crippen LogP contribution in [-0.2, 0) is 12.8 Å². The van der Waals surface area contributed by atoms with E-state index in [1.165, 1.54) is 22.5 Å². The van der Waals surface area contributed by atoms with Crippen molar-refractivity contribution in [2.24, 2.45) is 0 Å². The minimum Gasteiger partial charge on any atom is -0.493 e. The first-order valence-electron chi connectivity index (χ1n) is 6.42. The first-order valence-corrected chi connectivity index (χ1v) is 7.24. The van der Waals surface area contributed by atoms with Gasteiger partial charge in [-0.2, -0.15) is 0 Å². The number of carbonyl (C=O) groups excluding carboxylic acids is 1. The molecule has 1 aromatic carbocycles. The number of Topliss-reactive ketones (excluding diaryl/α,β-unsaturated/α-hetero) is 1. The molecule has 0 N–H and O–H groups in total. The van der Waals surface area contributed by atoms with Crippen molar-refractivity contribution in [1.82, 2.24) is 4.98 Å². The summed E-state index contributed by atoms with van der Waals surface area (Å²) in [6, 6.07) is 6.22. The Kier molecular flexibility index (Phi) is 3.34. The van der Waals surface area contributed by atoms with Gasteiger partial charge in [-0.05, 0) is 30.5 Å². The number of aryl methyl sites for hydroxylation is 2. The summed E-state index contributed by atoms with van der Waals surface area (Å²) in [5, 5.41) is 0.943. The fourth-order valence-electron chi connectivity index (χ4n) is 2.27. The minimum atomic E-state index is 0.183. The number of fused-ring (bicyclic) bond motifs is 1. The van der Waals surface area contributed by atoms with Crippen LogP contribution in [0.3, 0.4) is 0 Å². The summed E-state index contributed by atoms with van der Waals surface area (Å²) in [5.41, 5.74) is 2.47. The molecule has 0 atom stereocenters. The number of carbonyl (C=O) groups is 1. The molecule has 0 unspecified atom stereocenters. The molecule has 0 saturated carbocycles. The number of benzene rings is 1. The van der Waals surface area contributed by atoms with Gasteiger partial charge in [0.2, 0.25) is 0 Å². The van der Waals surface area contributed by atoms with Crippen molar-refractivity contribution in [1.29, 1.82) is 0 Å². The Hall–Kier alpha value is -1.68. The van der Waals surface area contributed by atoms with Gasteiger partial charge < -0.3 is 4.74 Å². The van der Waals surface area contributed by atoms with Gasteiger partial charge in [-0.1, -0.05) is 12.1 Å². The van der Waals surface area contributed by atoms with Gasteiger partial charge in [0.15, 0.2) is 5.78 Å². The fourth-order valence-corrected chi connectivity index (χ4v) is 3.01. The SMILES string of the molecule is Cc1ncc(C(=O)CCc2ccc3c(c2)CCO3)s1. The summed E-state index contributed by atoms with van der Waals surface area (Å²) in [6.45, 7) is 2.69. The molecule has 0 amide bonds. The van der Waals surface area contributed by atoms with Crippen molar-refractivity contribution in [3.63, 3.8) is 0 Å². The predicted molar refractivity (Wildman–Crippen MR) is 75.1 cm³/mol. The number of hydrogen-bond acceptors (Lipinski definition) is 4. The Labute approximate surface area is 116 Å². The molecule has 1 aliphatic rings. The third kappa shape index (κ3) is 2.68. The van der Waals surface area contributed by atoms with Crippen LogP contribution in [0.2, 0.25) is 0 Å². The summed E-state index contributed by atoms with van der Waals surface area (Å²) in [7, 11) is 0. The van der Waals surface area contributed by atoms with E-state index in [0.717, 1.165) is 35.1 Å². The highest BCUT2D eigenvalue weighted by molar-refractivity contribution is 7.13. The maximum Gasteiger partial charge on any atom is 0.174 e. The van der Waals surface area contributed by atoms with Crippen LogP contribution in [0.15, 0.2) is 24.4 Å². The molecule has 4 heteroatoms. The number of ether oxygens (including phenoxy) is 1. The molecule has 2 aromatic rings. The molecule has 0 bridgehead atoms. The summed E-state index contributed by atoms with van der Waals surface area (Å²) >= 11 is 1.47. The predicted octanol–water partition coefficient (Wildman–Crippen LogP) is 3.20. The quantitative estimate of drug-likeness (QED) is 0.803. The Morgan fingerprint density at radius 1 is 1.47 bits per heavy atom. The zero-order valence-corrected chi connectivity index (χ0v) is 11.6.